The molecule has 2 atom stereocenters. The number of rotatable bonds is 5. The summed E-state index contributed by atoms with van der Waals surface area (Å²) in [6, 6.07) is 6.50. The topological polar surface area (TPSA) is 23.5 Å². The van der Waals surface area contributed by atoms with Gasteiger partial charge >= 0.3 is 0 Å². The van der Waals surface area contributed by atoms with Crippen LogP contribution in [-0.4, -0.2) is 29.1 Å². The fourth-order valence-corrected chi connectivity index (χ4v) is 3.38. The van der Waals surface area contributed by atoms with Gasteiger partial charge in [0.25, 0.3) is 0 Å². The van der Waals surface area contributed by atoms with Gasteiger partial charge in [0.05, 0.1) is 0 Å². The van der Waals surface area contributed by atoms with Gasteiger partial charge < -0.3 is 5.11 Å². The standard InChI is InChI=1S/C17H25NO/c1-4-11-18(12-5-2)16-10-9-15-14(13(16)3)7-6-8-17(15)19/h4,6-8,13,16,19H,1,5,9-12H2,2-3H3/t13-,16+/m1/s1. The first kappa shape index (κ1) is 14.1. The summed E-state index contributed by atoms with van der Waals surface area (Å²) in [6.45, 7) is 10.5. The van der Waals surface area contributed by atoms with Crippen LogP contribution in [0, 0.1) is 0 Å². The van der Waals surface area contributed by atoms with Crippen LogP contribution in [0.25, 0.3) is 0 Å². The highest BCUT2D eigenvalue weighted by atomic mass is 16.3. The molecule has 0 saturated carbocycles. The van der Waals surface area contributed by atoms with Crippen LogP contribution in [0.5, 0.6) is 5.75 Å². The molecular formula is C17H25NO. The molecule has 0 radical (unpaired) electrons. The molecule has 1 aromatic rings. The van der Waals surface area contributed by atoms with E-state index in [-0.39, 0.29) is 0 Å². The van der Waals surface area contributed by atoms with E-state index < -0.39 is 0 Å². The van der Waals surface area contributed by atoms with Crippen molar-refractivity contribution in [2.45, 2.75) is 45.1 Å². The van der Waals surface area contributed by atoms with Crippen molar-refractivity contribution < 1.29 is 5.11 Å². The zero-order valence-electron chi connectivity index (χ0n) is 12.1. The summed E-state index contributed by atoms with van der Waals surface area (Å²) in [5.41, 5.74) is 2.47. The first-order chi connectivity index (χ1) is 9.19. The van der Waals surface area contributed by atoms with Gasteiger partial charge in [-0.25, -0.2) is 0 Å². The molecule has 2 heteroatoms. The van der Waals surface area contributed by atoms with Crippen LogP contribution in [0.15, 0.2) is 30.9 Å². The summed E-state index contributed by atoms with van der Waals surface area (Å²) >= 11 is 0. The molecule has 2 rings (SSSR count). The smallest absolute Gasteiger partial charge is 0.119 e. The van der Waals surface area contributed by atoms with Crippen molar-refractivity contribution in [3.05, 3.63) is 42.0 Å². The van der Waals surface area contributed by atoms with Crippen LogP contribution >= 0.6 is 0 Å². The third-order valence-electron chi connectivity index (χ3n) is 4.29. The van der Waals surface area contributed by atoms with E-state index in [4.69, 9.17) is 0 Å². The zero-order valence-corrected chi connectivity index (χ0v) is 12.1. The Kier molecular flexibility index (Phi) is 4.65. The molecule has 0 aliphatic heterocycles. The van der Waals surface area contributed by atoms with Crippen molar-refractivity contribution in [2.24, 2.45) is 0 Å². The summed E-state index contributed by atoms with van der Waals surface area (Å²) in [6.07, 6.45) is 5.28. The Labute approximate surface area is 116 Å². The Morgan fingerprint density at radius 3 is 2.95 bits per heavy atom. The van der Waals surface area contributed by atoms with Crippen molar-refractivity contribution >= 4 is 0 Å². The molecule has 1 aliphatic rings. The lowest BCUT2D eigenvalue weighted by Crippen LogP contribution is -2.42. The predicted molar refractivity (Wildman–Crippen MR) is 80.7 cm³/mol. The maximum absolute atomic E-state index is 9.98. The second kappa shape index (κ2) is 6.25. The number of hydrogen-bond donors (Lipinski definition) is 1. The number of fused-ring (bicyclic) bond motifs is 1. The normalized spacial score (nSPS) is 22.3. The molecule has 1 N–H and O–H groups in total. The largest absolute Gasteiger partial charge is 0.508 e. The van der Waals surface area contributed by atoms with Gasteiger partial charge in [-0.1, -0.05) is 32.1 Å². The van der Waals surface area contributed by atoms with E-state index in [0.29, 0.717) is 17.7 Å². The van der Waals surface area contributed by atoms with E-state index in [1.165, 1.54) is 12.0 Å². The van der Waals surface area contributed by atoms with Crippen molar-refractivity contribution in [3.8, 4) is 5.75 Å². The van der Waals surface area contributed by atoms with E-state index in [0.717, 1.165) is 31.5 Å². The van der Waals surface area contributed by atoms with Gasteiger partial charge in [0, 0.05) is 12.6 Å². The third kappa shape index (κ3) is 2.84. The van der Waals surface area contributed by atoms with Gasteiger partial charge in [0.1, 0.15) is 5.75 Å². The SMILES string of the molecule is C=CCN(CCC)[C@H]1CCc2c(O)cccc2[C@H]1C. The molecule has 0 spiro atoms. The molecule has 0 amide bonds. The predicted octanol–water partition coefficient (Wildman–Crippen LogP) is 3.71. The van der Waals surface area contributed by atoms with E-state index in [2.05, 4.69) is 31.4 Å². The van der Waals surface area contributed by atoms with E-state index in [1.807, 2.05) is 12.1 Å². The van der Waals surface area contributed by atoms with Gasteiger partial charge in [0.15, 0.2) is 0 Å². The number of aromatic hydroxyl groups is 1. The summed E-state index contributed by atoms with van der Waals surface area (Å²) < 4.78 is 0. The zero-order chi connectivity index (χ0) is 13.8. The van der Waals surface area contributed by atoms with Crippen LogP contribution in [0.3, 0.4) is 0 Å². The highest BCUT2D eigenvalue weighted by molar-refractivity contribution is 5.43. The van der Waals surface area contributed by atoms with Crippen LogP contribution in [0.4, 0.5) is 0 Å². The Morgan fingerprint density at radius 2 is 2.26 bits per heavy atom. The molecule has 1 aromatic carbocycles. The fourth-order valence-electron chi connectivity index (χ4n) is 3.38. The Hall–Kier alpha value is -1.28. The lowest BCUT2D eigenvalue weighted by atomic mass is 9.79. The molecule has 2 nitrogen and oxygen atoms in total. The number of phenolic OH excluding ortho intramolecular Hbond substituents is 1. The lowest BCUT2D eigenvalue weighted by Gasteiger charge is -2.39. The van der Waals surface area contributed by atoms with E-state index >= 15 is 0 Å². The highest BCUT2D eigenvalue weighted by Gasteiger charge is 2.30. The molecule has 0 aromatic heterocycles. The molecule has 0 unspecified atom stereocenters. The fraction of sp³-hybridized carbons (Fsp3) is 0.529. The highest BCUT2D eigenvalue weighted by Crippen LogP contribution is 2.38. The summed E-state index contributed by atoms with van der Waals surface area (Å²) in [5.74, 6) is 0.941. The summed E-state index contributed by atoms with van der Waals surface area (Å²) in [5, 5.41) is 9.98. The molecule has 0 heterocycles. The van der Waals surface area contributed by atoms with Crippen LogP contribution in [0.2, 0.25) is 0 Å². The quantitative estimate of drug-likeness (QED) is 0.815. The lowest BCUT2D eigenvalue weighted by molar-refractivity contribution is 0.175. The van der Waals surface area contributed by atoms with Crippen molar-refractivity contribution in [3.63, 3.8) is 0 Å². The first-order valence-corrected chi connectivity index (χ1v) is 7.34. The summed E-state index contributed by atoms with van der Waals surface area (Å²) in [4.78, 5) is 2.53. The Bertz CT molecular complexity index is 441. The van der Waals surface area contributed by atoms with Crippen LogP contribution < -0.4 is 0 Å². The maximum atomic E-state index is 9.98. The number of hydrogen-bond acceptors (Lipinski definition) is 2. The van der Waals surface area contributed by atoms with Crippen molar-refractivity contribution in [2.75, 3.05) is 13.1 Å². The molecule has 19 heavy (non-hydrogen) atoms. The van der Waals surface area contributed by atoms with Crippen LogP contribution in [0.1, 0.15) is 43.7 Å². The molecule has 104 valence electrons. The molecule has 0 bridgehead atoms. The van der Waals surface area contributed by atoms with Gasteiger partial charge in [-0.2, -0.15) is 0 Å². The molecule has 0 saturated heterocycles. The van der Waals surface area contributed by atoms with Crippen molar-refractivity contribution in [1.82, 2.24) is 4.90 Å². The van der Waals surface area contributed by atoms with Gasteiger partial charge in [0.2, 0.25) is 0 Å². The molecular weight excluding hydrogens is 234 g/mol. The monoisotopic (exact) mass is 259 g/mol. The molecule has 0 fully saturated rings. The summed E-state index contributed by atoms with van der Waals surface area (Å²) in [7, 11) is 0. The second-order valence-corrected chi connectivity index (χ2v) is 5.52. The average molecular weight is 259 g/mol. The molecule has 1 aliphatic carbocycles. The minimum Gasteiger partial charge on any atom is -0.508 e. The number of benzene rings is 1. The first-order valence-electron chi connectivity index (χ1n) is 7.34. The van der Waals surface area contributed by atoms with E-state index in [9.17, 15) is 5.11 Å². The minimum atomic E-state index is 0.466. The van der Waals surface area contributed by atoms with Gasteiger partial charge in [-0.3, -0.25) is 4.90 Å². The van der Waals surface area contributed by atoms with Crippen molar-refractivity contribution in [1.29, 1.82) is 0 Å². The maximum Gasteiger partial charge on any atom is 0.119 e. The minimum absolute atomic E-state index is 0.466. The van der Waals surface area contributed by atoms with E-state index in [1.54, 1.807) is 6.07 Å². The Balaban J connectivity index is 2.24. The average Bonchev–Trinajstić information content (AvgIpc) is 2.40. The number of phenols is 1. The second-order valence-electron chi connectivity index (χ2n) is 5.52. The van der Waals surface area contributed by atoms with Crippen LogP contribution in [-0.2, 0) is 6.42 Å². The van der Waals surface area contributed by atoms with Gasteiger partial charge in [-0.05, 0) is 48.9 Å². The Morgan fingerprint density at radius 1 is 1.47 bits per heavy atom. The number of nitrogens with zero attached hydrogens (tertiary/aromatic N) is 1. The van der Waals surface area contributed by atoms with Gasteiger partial charge in [-0.15, -0.1) is 6.58 Å². The third-order valence-corrected chi connectivity index (χ3v) is 4.29.